The predicted octanol–water partition coefficient (Wildman–Crippen LogP) is 7.16. The number of hydrogen-bond acceptors (Lipinski definition) is 13. The molecule has 482 valence electrons. The maximum Gasteiger partial charge on any atom is 0.406 e. The van der Waals surface area contributed by atoms with Crippen LogP contribution in [-0.2, 0) is 46.4 Å². The summed E-state index contributed by atoms with van der Waals surface area (Å²) in [5, 5.41) is 6.30. The Morgan fingerprint density at radius 3 is 2.39 bits per heavy atom. The number of halogens is 3. The quantitative estimate of drug-likeness (QED) is 0.105. The third kappa shape index (κ3) is 9.76. The number of pyridine rings is 1. The van der Waals surface area contributed by atoms with E-state index in [0.29, 0.717) is 91.4 Å². The number of quaternary nitrogens is 1. The van der Waals surface area contributed by atoms with Crippen molar-refractivity contribution in [3.8, 4) is 11.3 Å². The molecule has 12 heterocycles. The van der Waals surface area contributed by atoms with E-state index in [4.69, 9.17) is 19.2 Å². The zero-order valence-corrected chi connectivity index (χ0v) is 53.1. The molecule has 2 spiro atoms. The van der Waals surface area contributed by atoms with Crippen LogP contribution in [-0.4, -0.2) is 222 Å². The number of likely N-dealkylation sites (N-methyl/N-ethyl adjacent to an activating group) is 1. The van der Waals surface area contributed by atoms with Crippen LogP contribution in [0.15, 0.2) is 30.5 Å². The number of benzene rings is 1. The van der Waals surface area contributed by atoms with Gasteiger partial charge < -0.3 is 38.8 Å². The monoisotopic (exact) mass is 1230 g/mol. The van der Waals surface area contributed by atoms with Crippen LogP contribution < -0.4 is 15.1 Å². The maximum absolute atomic E-state index is 16.2. The highest BCUT2D eigenvalue weighted by Gasteiger charge is 2.87. The van der Waals surface area contributed by atoms with Gasteiger partial charge in [-0.2, -0.15) is 22.8 Å². The molecular weight excluding hydrogens is 1140 g/mol. The molecule has 1 aromatic carbocycles. The van der Waals surface area contributed by atoms with Gasteiger partial charge in [-0.1, -0.05) is 33.6 Å². The number of nitrogens with one attached hydrogen (secondary N) is 1. The van der Waals surface area contributed by atoms with Gasteiger partial charge in [0.05, 0.1) is 66.7 Å². The van der Waals surface area contributed by atoms with Crippen molar-refractivity contribution in [2.24, 2.45) is 34.5 Å². The second kappa shape index (κ2) is 21.5. The third-order valence-electron chi connectivity index (χ3n) is 24.8. The highest BCUT2D eigenvalue weighted by Crippen LogP contribution is 2.65. The van der Waals surface area contributed by atoms with Crippen LogP contribution in [0, 0.1) is 34.5 Å². The van der Waals surface area contributed by atoms with Gasteiger partial charge in [0, 0.05) is 123 Å². The fourth-order valence-electron chi connectivity index (χ4n) is 20.1. The van der Waals surface area contributed by atoms with Crippen molar-refractivity contribution >= 4 is 46.0 Å². The molecule has 17 rings (SSSR count). The highest BCUT2D eigenvalue weighted by molar-refractivity contribution is 5.96. The molecule has 4 saturated carbocycles. The summed E-state index contributed by atoms with van der Waals surface area (Å²) in [4.78, 5) is 80.7. The van der Waals surface area contributed by atoms with Crippen LogP contribution in [0.1, 0.15) is 129 Å². The van der Waals surface area contributed by atoms with Crippen molar-refractivity contribution in [2.45, 2.75) is 197 Å². The Labute approximate surface area is 521 Å². The number of nitrogens with zero attached hydrogens (tertiary/aromatic N) is 10. The molecule has 89 heavy (non-hydrogen) atoms. The molecule has 13 fully saturated rings. The average molecular weight is 1230 g/mol. The van der Waals surface area contributed by atoms with E-state index in [-0.39, 0.29) is 82.7 Å². The minimum atomic E-state index is -4.59. The van der Waals surface area contributed by atoms with Gasteiger partial charge in [0.25, 0.3) is 5.91 Å². The summed E-state index contributed by atoms with van der Waals surface area (Å²) in [5.74, 6) is -0.0805. The Kier molecular flexibility index (Phi) is 14.2. The second-order valence-electron chi connectivity index (χ2n) is 30.8. The van der Waals surface area contributed by atoms with Gasteiger partial charge in [0.2, 0.25) is 17.9 Å². The first-order chi connectivity index (χ1) is 42.8. The van der Waals surface area contributed by atoms with E-state index in [2.05, 4.69) is 54.8 Å². The summed E-state index contributed by atoms with van der Waals surface area (Å²) < 4.78 is 67.6. The molecule has 10 aliphatic heterocycles. The molecule has 1 N–H and O–H groups in total. The number of cyclic esters (lactones) is 1. The first kappa shape index (κ1) is 59.0. The third-order valence-corrected chi connectivity index (χ3v) is 24.8. The lowest BCUT2D eigenvalue weighted by atomic mass is 9.70. The number of esters is 1. The van der Waals surface area contributed by atoms with E-state index in [1.165, 1.54) is 30.3 Å². The molecule has 0 radical (unpaired) electrons. The van der Waals surface area contributed by atoms with Crippen LogP contribution in [0.2, 0.25) is 0 Å². The number of carbonyl (C=O) groups is 4. The van der Waals surface area contributed by atoms with Gasteiger partial charge in [-0.3, -0.25) is 34.1 Å². The number of likely N-dealkylation sites (tertiary alicyclic amines) is 2. The van der Waals surface area contributed by atoms with Crippen molar-refractivity contribution in [3.05, 3.63) is 41.7 Å². The summed E-state index contributed by atoms with van der Waals surface area (Å²) in [6.45, 7) is 14.4. The summed E-state index contributed by atoms with van der Waals surface area (Å²) in [7, 11) is 3.69. The lowest BCUT2D eigenvalue weighted by Crippen LogP contribution is -2.80. The van der Waals surface area contributed by atoms with Gasteiger partial charge in [0.15, 0.2) is 12.1 Å². The Morgan fingerprint density at radius 1 is 0.910 bits per heavy atom. The molecule has 4 unspecified atom stereocenters. The minimum absolute atomic E-state index is 0.00272. The van der Waals surface area contributed by atoms with Crippen molar-refractivity contribution in [3.63, 3.8) is 0 Å². The normalized spacial score (nSPS) is 36.8. The fraction of sp³-hybridized carbons (Fsp3) is 0.750. The molecule has 8 bridgehead atoms. The molecule has 3 amide bonds. The summed E-state index contributed by atoms with van der Waals surface area (Å²) >= 11 is 0. The largest absolute Gasteiger partial charge is 0.461 e. The molecule has 3 aromatic rings. The van der Waals surface area contributed by atoms with Crippen LogP contribution >= 0.6 is 0 Å². The summed E-state index contributed by atoms with van der Waals surface area (Å²) in [6, 6.07) is 6.48. The molecule has 13 atom stereocenters. The number of alkyl halides is 3. The van der Waals surface area contributed by atoms with Crippen LogP contribution in [0.5, 0.6) is 0 Å². The van der Waals surface area contributed by atoms with Gasteiger partial charge in [-0.15, -0.1) is 0 Å². The van der Waals surface area contributed by atoms with E-state index in [1.54, 1.807) is 7.11 Å². The lowest BCUT2D eigenvalue weighted by molar-refractivity contribution is -0.976. The van der Waals surface area contributed by atoms with E-state index < -0.39 is 54.4 Å². The Balaban J connectivity index is 0.766. The minimum Gasteiger partial charge on any atom is -0.461 e. The topological polar surface area (TPSA) is 148 Å². The number of carbonyl (C=O) groups excluding carboxylic acids is 4. The first-order valence-corrected chi connectivity index (χ1v) is 34.3. The number of aromatic nitrogens is 2. The molecular formula is C68H93F3N11O7+. The Morgan fingerprint density at radius 2 is 1.67 bits per heavy atom. The number of morpholine rings is 1. The number of ether oxygens (including phenoxy) is 3. The molecule has 4 aliphatic carbocycles. The number of hydrogen-bond donors (Lipinski definition) is 1. The highest BCUT2D eigenvalue weighted by atomic mass is 19.4. The number of rotatable bonds is 13. The van der Waals surface area contributed by atoms with Crippen molar-refractivity contribution in [2.75, 3.05) is 103 Å². The predicted molar refractivity (Wildman–Crippen MR) is 328 cm³/mol. The van der Waals surface area contributed by atoms with Gasteiger partial charge in [-0.25, -0.2) is 4.79 Å². The molecule has 21 heteroatoms. The standard InChI is InChI=1S/C68H92F3N11O7/c1-7-51-61-53-52-34-77(26-27-88-52)44-16-17-50-47(30-44)49(58(80(50)37-68(69,70)71)48-31-46(33-72-54(48)39(2)87-6)76-24-22-75(23-25-76)43-14-15-43)32-66(3,4)38-89-65(86)60-42-28-45(29-42)81(82(51,60)61)63(84)55(53)73-62(83)57(40-10-8-9-11-40)78-20-18-67(35-78)19-21-79(36-67)64(85)59-56(74(59)5)41-12-13-41/h16-17,30-31,33,39-43,45,51-53,55-57,59-61H,7-15,18-29,32,34-38H2,1-6H3/p+1/t39-,42?,45?,51?,52+,53+,55-,56+,57-,59+,60-,61?,67-,74?,82?/m0/s1. The first-order valence-electron chi connectivity index (χ1n) is 34.3. The number of amides is 3. The summed E-state index contributed by atoms with van der Waals surface area (Å²) in [6.07, 6.45) is 9.16. The smallest absolute Gasteiger partial charge is 0.406 e. The van der Waals surface area contributed by atoms with E-state index in [0.717, 1.165) is 101 Å². The molecule has 2 aromatic heterocycles. The zero-order valence-electron chi connectivity index (χ0n) is 53.1. The number of anilines is 2. The van der Waals surface area contributed by atoms with E-state index in [1.807, 2.05) is 50.2 Å². The molecule has 9 saturated heterocycles. The Hall–Kier alpha value is -5.06. The number of piperazine rings is 1. The van der Waals surface area contributed by atoms with Gasteiger partial charge in [0.1, 0.15) is 18.6 Å². The fourth-order valence-corrected chi connectivity index (χ4v) is 20.1. The van der Waals surface area contributed by atoms with Crippen LogP contribution in [0.3, 0.4) is 0 Å². The van der Waals surface area contributed by atoms with E-state index in [9.17, 15) is 4.79 Å². The SMILES string of the molecule is CCC1C2[C@H]3[C@H](NC(=O)[C@H](C4CCCC4)N4CC[C@]5(CCN(C(=O)[C@H]6[C@@H](C7CC7)N6C)C5)C4)C(=O)N4C5CC(C5)[C@@H](C(=O)OCC(C)(C)Cc5c(-c6cc(N7CCN(C8CC8)CC7)cnc6[C@H](C)OC)n(CC(F)(F)F)c6ccc(cc56)N5CCO[C@@H]3C5)[N+]124. The summed E-state index contributed by atoms with van der Waals surface area (Å²) in [5.41, 5.74) is 3.54. The molecule has 14 aliphatic rings. The van der Waals surface area contributed by atoms with Crippen molar-refractivity contribution in [1.29, 1.82) is 0 Å². The maximum atomic E-state index is 16.2. The molecule has 18 nitrogen and oxygen atoms in total. The zero-order chi connectivity index (χ0) is 61.4. The van der Waals surface area contributed by atoms with Crippen LogP contribution in [0.25, 0.3) is 22.2 Å². The number of fused-ring (bicyclic) bond motifs is 5. The van der Waals surface area contributed by atoms with Crippen LogP contribution in [0.4, 0.5) is 24.5 Å². The second-order valence-corrected chi connectivity index (χ2v) is 30.8. The van der Waals surface area contributed by atoms with E-state index >= 15 is 27.6 Å². The number of methoxy groups -OCH3 is 1. The van der Waals surface area contributed by atoms with Crippen molar-refractivity contribution < 1.29 is 51.2 Å². The van der Waals surface area contributed by atoms with Gasteiger partial charge in [-0.05, 0) is 133 Å². The average Bonchev–Trinajstić information content (AvgIpc) is 1.46. The van der Waals surface area contributed by atoms with Gasteiger partial charge >= 0.3 is 12.1 Å². The Bertz CT molecular complexity index is 3320. The van der Waals surface area contributed by atoms with Crippen molar-refractivity contribution in [1.82, 2.24) is 39.5 Å². The lowest BCUT2D eigenvalue weighted by Gasteiger charge is -2.59.